The number of carbonyl (C=O) groups excluding carboxylic acids is 4. The van der Waals surface area contributed by atoms with E-state index in [-0.39, 0.29) is 43.5 Å². The van der Waals surface area contributed by atoms with E-state index in [0.717, 1.165) is 55.1 Å². The Morgan fingerprint density at radius 2 is 1.10 bits per heavy atom. The van der Waals surface area contributed by atoms with Crippen molar-refractivity contribution in [3.05, 3.63) is 122 Å². The lowest BCUT2D eigenvalue weighted by molar-refractivity contribution is 0.00578. The summed E-state index contributed by atoms with van der Waals surface area (Å²) in [6.07, 6.45) is 12.0. The van der Waals surface area contributed by atoms with Crippen molar-refractivity contribution in [2.75, 3.05) is 40.5 Å². The number of fused-ring (bicyclic) bond motifs is 2. The number of amides is 2. The van der Waals surface area contributed by atoms with Crippen molar-refractivity contribution >= 4 is 80.9 Å². The first-order valence-corrected chi connectivity index (χ1v) is 26.2. The van der Waals surface area contributed by atoms with Gasteiger partial charge < -0.3 is 49.6 Å². The van der Waals surface area contributed by atoms with Gasteiger partial charge in [0.2, 0.25) is 0 Å². The molecule has 3 heterocycles. The van der Waals surface area contributed by atoms with E-state index < -0.39 is 18.3 Å². The summed E-state index contributed by atoms with van der Waals surface area (Å²) in [4.78, 5) is 55.3. The van der Waals surface area contributed by atoms with Gasteiger partial charge in [-0.3, -0.25) is 9.59 Å². The highest BCUT2D eigenvalue weighted by Gasteiger charge is 2.53. The zero-order valence-corrected chi connectivity index (χ0v) is 44.4. The van der Waals surface area contributed by atoms with Crippen LogP contribution in [0.3, 0.4) is 0 Å². The Labute approximate surface area is 436 Å². The van der Waals surface area contributed by atoms with Gasteiger partial charge in [-0.1, -0.05) is 81.0 Å². The number of carbonyl (C=O) groups is 4. The highest BCUT2D eigenvalue weighted by molar-refractivity contribution is 14.1. The number of halogens is 1. The van der Waals surface area contributed by atoms with Crippen LogP contribution in [-0.4, -0.2) is 103 Å². The first-order valence-electron chi connectivity index (χ1n) is 25.1. The number of nitrogens with one attached hydrogen (secondary N) is 4. The molecule has 0 spiro atoms. The largest absolute Gasteiger partial charge is 0.512 e. The predicted molar refractivity (Wildman–Crippen MR) is 290 cm³/mol. The molecule has 16 heteroatoms. The number of esters is 2. The van der Waals surface area contributed by atoms with Gasteiger partial charge in [0.05, 0.1) is 61.0 Å². The Morgan fingerprint density at radius 3 is 1.61 bits per heavy atom. The summed E-state index contributed by atoms with van der Waals surface area (Å²) >= 11 is 2.10. The summed E-state index contributed by atoms with van der Waals surface area (Å²) in [6, 6.07) is 26.2. The first-order chi connectivity index (χ1) is 34.6. The van der Waals surface area contributed by atoms with Crippen molar-refractivity contribution < 1.29 is 48.2 Å². The molecule has 0 atom stereocenters. The number of hydrogen-bond acceptors (Lipinski definition) is 10. The number of hydrogen-bond donors (Lipinski definition) is 6. The van der Waals surface area contributed by atoms with E-state index in [0.29, 0.717) is 40.6 Å². The quantitative estimate of drug-likeness (QED) is 0.0389. The molecule has 14 nitrogen and oxygen atoms in total. The monoisotopic (exact) mass is 1090 g/mol. The Hall–Kier alpha value is -5.53. The maximum atomic E-state index is 12.8. The van der Waals surface area contributed by atoms with Crippen LogP contribution in [0.25, 0.3) is 33.1 Å². The van der Waals surface area contributed by atoms with Crippen LogP contribution in [0.5, 0.6) is 0 Å². The third kappa shape index (κ3) is 12.3. The number of aliphatic hydroxyl groups excluding tert-OH is 2. The topological polar surface area (TPSA) is 201 Å². The Kier molecular flexibility index (Phi) is 18.4. The molecule has 72 heavy (non-hydrogen) atoms. The summed E-state index contributed by atoms with van der Waals surface area (Å²) in [5, 5.41) is 25.2. The second-order valence-corrected chi connectivity index (χ2v) is 20.8. The summed E-state index contributed by atoms with van der Waals surface area (Å²) in [6.45, 7) is 8.66. The molecule has 2 aliphatic carbocycles. The Balaban J connectivity index is 0.000000171. The lowest BCUT2D eigenvalue weighted by Gasteiger charge is -2.32. The number of aromatic amines is 2. The lowest BCUT2D eigenvalue weighted by atomic mass is 9.74. The number of aromatic nitrogens is 2. The Morgan fingerprint density at radius 1 is 0.639 bits per heavy atom. The van der Waals surface area contributed by atoms with E-state index in [4.69, 9.17) is 29.0 Å². The number of ether oxygens (including phenoxy) is 2. The maximum absolute atomic E-state index is 12.8. The van der Waals surface area contributed by atoms with Crippen molar-refractivity contribution in [1.82, 2.24) is 20.6 Å². The van der Waals surface area contributed by atoms with Crippen LogP contribution in [0.1, 0.15) is 156 Å². The fraction of sp³-hybridized carbons (Fsp3) is 0.429. The Bertz CT molecular complexity index is 2850. The van der Waals surface area contributed by atoms with Crippen LogP contribution < -0.4 is 16.2 Å². The van der Waals surface area contributed by atoms with Crippen LogP contribution in [0.4, 0.5) is 0 Å². The molecule has 1 saturated heterocycles. The van der Waals surface area contributed by atoms with Crippen molar-refractivity contribution in [2.45, 2.75) is 115 Å². The van der Waals surface area contributed by atoms with E-state index in [1.165, 1.54) is 76.7 Å². The summed E-state index contributed by atoms with van der Waals surface area (Å²) in [5.74, 6) is -0.170. The number of H-pyrrole nitrogens is 2. The molecule has 0 radical (unpaired) electrons. The summed E-state index contributed by atoms with van der Waals surface area (Å²) in [5.41, 5.74) is 8.54. The third-order valence-electron chi connectivity index (χ3n) is 14.4. The van der Waals surface area contributed by atoms with E-state index >= 15 is 0 Å². The van der Waals surface area contributed by atoms with Crippen LogP contribution >= 0.6 is 22.6 Å². The smallest absolute Gasteiger partial charge is 0.465 e. The van der Waals surface area contributed by atoms with Gasteiger partial charge in [-0.05, 0) is 141 Å². The second-order valence-electron chi connectivity index (χ2n) is 19.6. The van der Waals surface area contributed by atoms with Gasteiger partial charge in [0, 0.05) is 55.2 Å². The van der Waals surface area contributed by atoms with Crippen LogP contribution in [0, 0.1) is 3.57 Å². The van der Waals surface area contributed by atoms with Gasteiger partial charge in [-0.15, -0.1) is 0 Å². The second kappa shape index (κ2) is 24.5. The molecule has 6 N–H and O–H groups in total. The van der Waals surface area contributed by atoms with E-state index in [2.05, 4.69) is 70.9 Å². The molecular weight excluding hydrogens is 1030 g/mol. The zero-order chi connectivity index (χ0) is 51.6. The summed E-state index contributed by atoms with van der Waals surface area (Å²) < 4.78 is 23.4. The minimum atomic E-state index is -0.434. The average Bonchev–Trinajstić information content (AvgIpc) is 4.05. The minimum Gasteiger partial charge on any atom is -0.465 e. The molecule has 382 valence electrons. The fourth-order valence-electron chi connectivity index (χ4n) is 10.0. The van der Waals surface area contributed by atoms with E-state index in [1.54, 1.807) is 18.2 Å². The highest BCUT2D eigenvalue weighted by Crippen LogP contribution is 2.44. The molecular formula is C56H68BIN4O10. The van der Waals surface area contributed by atoms with Gasteiger partial charge in [0.1, 0.15) is 0 Å². The lowest BCUT2D eigenvalue weighted by Crippen LogP contribution is -2.41. The van der Waals surface area contributed by atoms with Crippen molar-refractivity contribution in [2.24, 2.45) is 0 Å². The van der Waals surface area contributed by atoms with Crippen LogP contribution in [-0.2, 0) is 18.8 Å². The molecule has 6 aromatic rings. The van der Waals surface area contributed by atoms with Gasteiger partial charge in [0.15, 0.2) is 0 Å². The van der Waals surface area contributed by atoms with E-state index in [1.807, 2.05) is 66.7 Å². The molecule has 3 fully saturated rings. The number of benzene rings is 4. The highest BCUT2D eigenvalue weighted by atomic mass is 127. The van der Waals surface area contributed by atoms with Crippen LogP contribution in [0.2, 0.25) is 0 Å². The molecule has 2 saturated carbocycles. The van der Waals surface area contributed by atoms with Gasteiger partial charge in [-0.2, -0.15) is 0 Å². The molecule has 3 aliphatic rings. The molecule has 9 rings (SSSR count). The molecule has 0 bridgehead atoms. The molecule has 1 aliphatic heterocycles. The van der Waals surface area contributed by atoms with Crippen molar-refractivity contribution in [1.29, 1.82) is 0 Å². The average molecular weight is 1090 g/mol. The van der Waals surface area contributed by atoms with Gasteiger partial charge in [-0.25, -0.2) is 9.59 Å². The SMILES string of the molecule is COC(=O)c1ccc2c(C3CCCCC3)c(-c3ccccc3C(=O)NCCO)[nH]c2c1.COC(=O)c1ccc2c(C3CCCCC3)c(B3OC(C)(C)C(C)(C)O3)[nH]c2c1.O=C(NCCO)c1ccccc1I. The molecule has 2 aromatic heterocycles. The molecule has 4 aromatic carbocycles. The first kappa shape index (κ1) is 54.3. The fourth-order valence-corrected chi connectivity index (χ4v) is 10.7. The minimum absolute atomic E-state index is 0.0326. The maximum Gasteiger partial charge on any atom is 0.512 e. The standard InChI is InChI=1S/C25H28N2O4.C22H30BNO4.C9H10INO2/c1-31-25(30)17-11-12-20-21(15-17)27-23(22(20)16-7-3-2-4-8-16)18-9-5-6-10-19(18)24(29)26-13-14-28;1-21(2)22(3,4)28-23(27-21)19-18(14-9-7-6-8-10-14)16-12-11-15(20(25)26-5)13-17(16)24-19;10-8-4-2-1-3-7(8)9(13)11-5-6-12/h5-6,9-12,15-16,27-28H,2-4,7-8,13-14H2,1H3,(H,26,29);11-14,24H,6-10H2,1-5H3;1-4,12H,5-6H2,(H,11,13). The van der Waals surface area contributed by atoms with Crippen molar-refractivity contribution in [3.63, 3.8) is 0 Å². The number of rotatable bonds is 12. The van der Waals surface area contributed by atoms with Crippen molar-refractivity contribution in [3.8, 4) is 11.3 Å². The predicted octanol–water partition coefficient (Wildman–Crippen LogP) is 9.71. The zero-order valence-electron chi connectivity index (χ0n) is 42.3. The normalized spacial score (nSPS) is 16.5. The molecule has 0 unspecified atom stereocenters. The number of methoxy groups -OCH3 is 2. The summed E-state index contributed by atoms with van der Waals surface area (Å²) in [7, 11) is 2.35. The third-order valence-corrected chi connectivity index (χ3v) is 15.4. The van der Waals surface area contributed by atoms with Gasteiger partial charge >= 0.3 is 19.1 Å². The van der Waals surface area contributed by atoms with Crippen LogP contribution in [0.15, 0.2) is 84.9 Å². The van der Waals surface area contributed by atoms with Gasteiger partial charge in [0.25, 0.3) is 11.8 Å². The van der Waals surface area contributed by atoms with E-state index in [9.17, 15) is 19.2 Å². The number of aliphatic hydroxyl groups is 2. The molecule has 2 amide bonds.